The van der Waals surface area contributed by atoms with Crippen molar-refractivity contribution in [2.45, 2.75) is 6.67 Å². The Morgan fingerprint density at radius 1 is 1.75 bits per heavy atom. The lowest BCUT2D eigenvalue weighted by Crippen LogP contribution is -2.10. The summed E-state index contributed by atoms with van der Waals surface area (Å²) >= 11 is 0. The third-order valence-corrected chi connectivity index (χ3v) is 0.931. The smallest absolute Gasteiger partial charge is 0.0724 e. The molecule has 43 valence electrons. The third-order valence-electron chi connectivity index (χ3n) is 0.931. The molecule has 0 saturated heterocycles. The number of hydrogen-bond donors (Lipinski definition) is 1. The molecule has 0 aliphatic rings. The lowest BCUT2D eigenvalue weighted by Gasteiger charge is -1.96. The second kappa shape index (κ2) is 2.52. The fourth-order valence-corrected chi connectivity index (χ4v) is 0.597. The van der Waals surface area contributed by atoms with Crippen LogP contribution in [0.5, 0.6) is 0 Å². The zero-order chi connectivity index (χ0) is 5.82. The van der Waals surface area contributed by atoms with Gasteiger partial charge in [0, 0.05) is 6.20 Å². The second-order valence-corrected chi connectivity index (χ2v) is 1.62. The van der Waals surface area contributed by atoms with Crippen molar-refractivity contribution in [1.29, 1.82) is 0 Å². The predicted octanol–water partition coefficient (Wildman–Crippen LogP) is 0.465. The van der Waals surface area contributed by atoms with Crippen molar-refractivity contribution in [2.75, 3.05) is 7.05 Å². The normalized spacial score (nSPS) is 9.62. The van der Waals surface area contributed by atoms with Crippen LogP contribution in [0.3, 0.4) is 0 Å². The fourth-order valence-electron chi connectivity index (χ4n) is 0.597. The maximum absolute atomic E-state index is 3.00. The maximum atomic E-state index is 3.00. The summed E-state index contributed by atoms with van der Waals surface area (Å²) in [4.78, 5) is 0. The minimum absolute atomic E-state index is 0.840. The zero-order valence-corrected chi connectivity index (χ0v) is 4.89. The maximum Gasteiger partial charge on any atom is 0.0724 e. The van der Waals surface area contributed by atoms with Gasteiger partial charge in [0.05, 0.1) is 12.9 Å². The highest BCUT2D eigenvalue weighted by Gasteiger charge is 1.80. The molecule has 1 heterocycles. The molecule has 0 spiro atoms. The van der Waals surface area contributed by atoms with E-state index in [4.69, 9.17) is 0 Å². The molecule has 0 saturated carbocycles. The largest absolute Gasteiger partial charge is 0.333 e. The van der Waals surface area contributed by atoms with Gasteiger partial charge >= 0.3 is 0 Å². The lowest BCUT2D eigenvalue weighted by molar-refractivity contribution is 0.618. The van der Waals surface area contributed by atoms with Gasteiger partial charge in [-0.3, -0.25) is 0 Å². The molecule has 0 aromatic carbocycles. The van der Waals surface area contributed by atoms with Crippen LogP contribution in [0, 0.1) is 6.20 Å². The van der Waals surface area contributed by atoms with Gasteiger partial charge in [-0.1, -0.05) is 0 Å². The first-order valence-corrected chi connectivity index (χ1v) is 2.61. The molecule has 1 aromatic heterocycles. The summed E-state index contributed by atoms with van der Waals surface area (Å²) in [6.45, 7) is 0.840. The van der Waals surface area contributed by atoms with Crippen molar-refractivity contribution < 1.29 is 0 Å². The minimum atomic E-state index is 0.840. The van der Waals surface area contributed by atoms with Crippen molar-refractivity contribution in [3.05, 3.63) is 24.5 Å². The Morgan fingerprint density at radius 2 is 2.62 bits per heavy atom. The molecule has 2 nitrogen and oxygen atoms in total. The Kier molecular flexibility index (Phi) is 1.70. The van der Waals surface area contributed by atoms with Crippen molar-refractivity contribution in [3.63, 3.8) is 0 Å². The molecule has 2 heteroatoms. The number of nitrogens with zero attached hydrogens (tertiary/aromatic N) is 1. The van der Waals surface area contributed by atoms with Crippen LogP contribution in [0.4, 0.5) is 0 Å². The van der Waals surface area contributed by atoms with Crippen LogP contribution in [0.1, 0.15) is 0 Å². The minimum Gasteiger partial charge on any atom is -0.333 e. The van der Waals surface area contributed by atoms with Crippen molar-refractivity contribution in [1.82, 2.24) is 9.88 Å². The highest BCUT2D eigenvalue weighted by atomic mass is 15.1. The first kappa shape index (κ1) is 5.38. The van der Waals surface area contributed by atoms with E-state index >= 15 is 0 Å². The van der Waals surface area contributed by atoms with Gasteiger partial charge in [-0.15, -0.1) is 0 Å². The van der Waals surface area contributed by atoms with E-state index in [2.05, 4.69) is 11.5 Å². The summed E-state index contributed by atoms with van der Waals surface area (Å²) in [6, 6.07) is 3.84. The van der Waals surface area contributed by atoms with E-state index < -0.39 is 0 Å². The summed E-state index contributed by atoms with van der Waals surface area (Å²) in [5.41, 5.74) is 0. The fraction of sp³-hybridized carbons (Fsp3) is 0.333. The molecular weight excluding hydrogens is 100 g/mol. The van der Waals surface area contributed by atoms with Crippen LogP contribution in [-0.4, -0.2) is 11.6 Å². The molecule has 0 amide bonds. The standard InChI is InChI=1S/C6H9N2/c1-7-6-8-4-2-3-5-8/h2-4,7H,6H2,1H3. The van der Waals surface area contributed by atoms with Crippen molar-refractivity contribution in [3.8, 4) is 0 Å². The van der Waals surface area contributed by atoms with Crippen LogP contribution in [0.2, 0.25) is 0 Å². The van der Waals surface area contributed by atoms with Crippen LogP contribution in [0.15, 0.2) is 18.3 Å². The lowest BCUT2D eigenvalue weighted by atomic mass is 10.7. The summed E-state index contributed by atoms with van der Waals surface area (Å²) in [5.74, 6) is 0. The topological polar surface area (TPSA) is 17.0 Å². The van der Waals surface area contributed by atoms with Crippen molar-refractivity contribution >= 4 is 0 Å². The summed E-state index contributed by atoms with van der Waals surface area (Å²) in [6.07, 6.45) is 4.96. The average molecular weight is 109 g/mol. The van der Waals surface area contributed by atoms with Gasteiger partial charge in [-0.25, -0.2) is 0 Å². The second-order valence-electron chi connectivity index (χ2n) is 1.62. The van der Waals surface area contributed by atoms with Crippen LogP contribution < -0.4 is 5.32 Å². The van der Waals surface area contributed by atoms with E-state index in [0.29, 0.717) is 0 Å². The van der Waals surface area contributed by atoms with Crippen LogP contribution in [-0.2, 0) is 6.67 Å². The monoisotopic (exact) mass is 109 g/mol. The molecule has 1 rings (SSSR count). The van der Waals surface area contributed by atoms with E-state index in [-0.39, 0.29) is 0 Å². The summed E-state index contributed by atoms with van der Waals surface area (Å²) in [5, 5.41) is 3.00. The Balaban J connectivity index is 2.50. The number of aromatic nitrogens is 1. The van der Waals surface area contributed by atoms with Crippen molar-refractivity contribution in [2.24, 2.45) is 0 Å². The quantitative estimate of drug-likeness (QED) is 0.584. The Labute approximate surface area is 49.1 Å². The summed E-state index contributed by atoms with van der Waals surface area (Å²) < 4.78 is 1.94. The molecule has 1 radical (unpaired) electrons. The molecular formula is C6H9N2. The Morgan fingerprint density at radius 3 is 3.12 bits per heavy atom. The van der Waals surface area contributed by atoms with E-state index in [1.165, 1.54) is 0 Å². The molecule has 0 bridgehead atoms. The molecule has 0 atom stereocenters. The van der Waals surface area contributed by atoms with Crippen LogP contribution in [0.25, 0.3) is 0 Å². The first-order chi connectivity index (χ1) is 3.93. The molecule has 0 unspecified atom stereocenters. The molecule has 0 fully saturated rings. The first-order valence-electron chi connectivity index (χ1n) is 2.61. The van der Waals surface area contributed by atoms with Gasteiger partial charge in [0.15, 0.2) is 0 Å². The van der Waals surface area contributed by atoms with Gasteiger partial charge in [0.2, 0.25) is 0 Å². The highest BCUT2D eigenvalue weighted by molar-refractivity contribution is 4.87. The Hall–Kier alpha value is -0.760. The van der Waals surface area contributed by atoms with E-state index in [0.717, 1.165) is 6.67 Å². The van der Waals surface area contributed by atoms with Gasteiger partial charge in [0.1, 0.15) is 0 Å². The number of rotatable bonds is 2. The number of hydrogen-bond acceptors (Lipinski definition) is 1. The molecule has 1 aromatic rings. The molecule has 0 aliphatic carbocycles. The Bertz CT molecular complexity index is 132. The van der Waals surface area contributed by atoms with Gasteiger partial charge < -0.3 is 9.88 Å². The molecule has 8 heavy (non-hydrogen) atoms. The number of nitrogens with one attached hydrogen (secondary N) is 1. The van der Waals surface area contributed by atoms with Gasteiger partial charge in [-0.05, 0) is 19.2 Å². The molecule has 0 aliphatic heterocycles. The van der Waals surface area contributed by atoms with Gasteiger partial charge in [-0.2, -0.15) is 0 Å². The van der Waals surface area contributed by atoms with E-state index in [1.807, 2.05) is 29.9 Å². The van der Waals surface area contributed by atoms with Gasteiger partial charge in [0.25, 0.3) is 0 Å². The van der Waals surface area contributed by atoms with Crippen LogP contribution >= 0.6 is 0 Å². The third kappa shape index (κ3) is 1.10. The van der Waals surface area contributed by atoms with E-state index in [9.17, 15) is 0 Å². The zero-order valence-electron chi connectivity index (χ0n) is 4.89. The average Bonchev–Trinajstić information content (AvgIpc) is 2.19. The van der Waals surface area contributed by atoms with E-state index in [1.54, 1.807) is 0 Å². The molecule has 1 N–H and O–H groups in total. The SMILES string of the molecule is CNCn1[c]ccc1. The predicted molar refractivity (Wildman–Crippen MR) is 32.3 cm³/mol. The summed E-state index contributed by atoms with van der Waals surface area (Å²) in [7, 11) is 1.91. The highest BCUT2D eigenvalue weighted by Crippen LogP contribution is 1.83.